The molecule has 1 saturated heterocycles. The Balaban J connectivity index is 1.31. The van der Waals surface area contributed by atoms with E-state index in [4.69, 9.17) is 0 Å². The highest BCUT2D eigenvalue weighted by molar-refractivity contribution is 5.77. The number of rotatable bonds is 4. The summed E-state index contributed by atoms with van der Waals surface area (Å²) in [6.07, 6.45) is 2.93. The minimum atomic E-state index is -0.982. The minimum absolute atomic E-state index is 0.294. The number of piperazine rings is 1. The van der Waals surface area contributed by atoms with E-state index in [9.17, 15) is 9.90 Å². The molecule has 6 rings (SSSR count). The van der Waals surface area contributed by atoms with Gasteiger partial charge in [0.1, 0.15) is 11.0 Å². The Labute approximate surface area is 208 Å². The van der Waals surface area contributed by atoms with Gasteiger partial charge in [-0.1, -0.05) is 6.07 Å². The summed E-state index contributed by atoms with van der Waals surface area (Å²) in [5, 5.41) is 17.2. The van der Waals surface area contributed by atoms with Crippen molar-refractivity contribution in [3.8, 4) is 5.82 Å². The quantitative estimate of drug-likeness (QED) is 0.403. The van der Waals surface area contributed by atoms with Crippen molar-refractivity contribution >= 4 is 28.4 Å². The highest BCUT2D eigenvalue weighted by Crippen LogP contribution is 2.35. The largest absolute Gasteiger partial charge is 0.384 e. The van der Waals surface area contributed by atoms with Gasteiger partial charge in [-0.05, 0) is 69.1 Å². The second-order valence-corrected chi connectivity index (χ2v) is 10.1. The molecule has 1 unspecified atom stereocenters. The van der Waals surface area contributed by atoms with Crippen molar-refractivity contribution in [3.05, 3.63) is 63.7 Å². The summed E-state index contributed by atoms with van der Waals surface area (Å²) in [5.41, 5.74) is 4.11. The summed E-state index contributed by atoms with van der Waals surface area (Å²) in [5.74, 6) is 0.884. The lowest BCUT2D eigenvalue weighted by Crippen LogP contribution is -2.44. The molecule has 3 aromatic heterocycles. The van der Waals surface area contributed by atoms with Crippen LogP contribution < -0.4 is 15.8 Å². The van der Waals surface area contributed by atoms with Crippen LogP contribution in [0.5, 0.6) is 0 Å². The average molecular weight is 487 g/mol. The molecule has 1 atom stereocenters. The van der Waals surface area contributed by atoms with Crippen LogP contribution >= 0.6 is 0 Å². The Morgan fingerprint density at radius 2 is 1.92 bits per heavy atom. The van der Waals surface area contributed by atoms with E-state index in [2.05, 4.69) is 61.3 Å². The van der Waals surface area contributed by atoms with Crippen molar-refractivity contribution in [2.24, 2.45) is 0 Å². The number of likely N-dealkylation sites (N-methyl/N-ethyl adjacent to an activating group) is 1. The van der Waals surface area contributed by atoms with E-state index in [-0.39, 0.29) is 5.56 Å². The third kappa shape index (κ3) is 3.92. The highest BCUT2D eigenvalue weighted by atomic mass is 16.3. The Morgan fingerprint density at radius 3 is 2.69 bits per heavy atom. The van der Waals surface area contributed by atoms with E-state index in [1.807, 2.05) is 18.2 Å². The monoisotopic (exact) mass is 486 g/mol. The summed E-state index contributed by atoms with van der Waals surface area (Å²) < 4.78 is 1.56. The molecule has 4 aromatic rings. The third-order valence-corrected chi connectivity index (χ3v) is 7.32. The van der Waals surface area contributed by atoms with Gasteiger partial charge in [0.2, 0.25) is 5.95 Å². The van der Waals surface area contributed by atoms with Crippen molar-refractivity contribution in [2.45, 2.75) is 32.3 Å². The predicted molar refractivity (Wildman–Crippen MR) is 139 cm³/mol. The van der Waals surface area contributed by atoms with Crippen LogP contribution in [0.1, 0.15) is 30.2 Å². The first-order chi connectivity index (χ1) is 17.3. The fraction of sp³-hybridized carbons (Fsp3) is 0.385. The van der Waals surface area contributed by atoms with Gasteiger partial charge in [-0.3, -0.25) is 9.89 Å². The van der Waals surface area contributed by atoms with Crippen molar-refractivity contribution < 1.29 is 5.11 Å². The van der Waals surface area contributed by atoms with E-state index in [0.717, 1.165) is 43.9 Å². The van der Waals surface area contributed by atoms with Crippen molar-refractivity contribution in [2.75, 3.05) is 43.4 Å². The first-order valence-electron chi connectivity index (χ1n) is 12.3. The molecule has 4 heterocycles. The van der Waals surface area contributed by atoms with Crippen LogP contribution in [0.15, 0.2) is 41.3 Å². The number of hydrogen-bond acceptors (Lipinski definition) is 8. The number of aromatic nitrogens is 5. The van der Waals surface area contributed by atoms with Gasteiger partial charge in [0.15, 0.2) is 11.5 Å². The number of anilines is 3. The van der Waals surface area contributed by atoms with Crippen LogP contribution in [0, 0.1) is 6.92 Å². The summed E-state index contributed by atoms with van der Waals surface area (Å²) in [7, 11) is 2.15. The molecule has 2 aliphatic rings. The maximum Gasteiger partial charge on any atom is 0.275 e. The Hall–Kier alpha value is -3.76. The van der Waals surface area contributed by atoms with Gasteiger partial charge in [-0.2, -0.15) is 4.98 Å². The molecule has 186 valence electrons. The molecule has 0 saturated carbocycles. The normalized spacial score (nSPS) is 20.2. The van der Waals surface area contributed by atoms with Gasteiger partial charge in [0.25, 0.3) is 5.56 Å². The van der Waals surface area contributed by atoms with Crippen molar-refractivity contribution in [1.82, 2.24) is 29.6 Å². The van der Waals surface area contributed by atoms with E-state index >= 15 is 0 Å². The van der Waals surface area contributed by atoms with E-state index in [1.165, 1.54) is 17.4 Å². The lowest BCUT2D eigenvalue weighted by atomic mass is 10.0. The second-order valence-electron chi connectivity index (χ2n) is 10.1. The maximum absolute atomic E-state index is 12.6. The van der Waals surface area contributed by atoms with Crippen molar-refractivity contribution in [1.29, 1.82) is 0 Å². The number of aromatic amines is 1. The highest BCUT2D eigenvalue weighted by Gasteiger charge is 2.34. The molecule has 36 heavy (non-hydrogen) atoms. The first-order valence-corrected chi connectivity index (χ1v) is 12.3. The molecular formula is C26H30N8O2. The third-order valence-electron chi connectivity index (χ3n) is 7.32. The molecule has 1 aromatic carbocycles. The van der Waals surface area contributed by atoms with Crippen LogP contribution in [0.4, 0.5) is 17.3 Å². The average Bonchev–Trinajstić information content (AvgIpc) is 3.35. The first kappa shape index (κ1) is 22.7. The molecule has 10 nitrogen and oxygen atoms in total. The van der Waals surface area contributed by atoms with E-state index < -0.39 is 5.60 Å². The number of hydrogen-bond donors (Lipinski definition) is 3. The number of aliphatic hydroxyl groups is 1. The Morgan fingerprint density at radius 1 is 1.11 bits per heavy atom. The van der Waals surface area contributed by atoms with Crippen molar-refractivity contribution in [3.63, 3.8) is 0 Å². The van der Waals surface area contributed by atoms with E-state index in [0.29, 0.717) is 34.9 Å². The van der Waals surface area contributed by atoms with Gasteiger partial charge < -0.3 is 20.2 Å². The summed E-state index contributed by atoms with van der Waals surface area (Å²) in [6, 6.07) is 10.0. The number of nitrogens with zero attached hydrogens (tertiary/aromatic N) is 6. The molecule has 10 heteroatoms. The van der Waals surface area contributed by atoms with Crippen LogP contribution in [-0.4, -0.2) is 68.0 Å². The van der Waals surface area contributed by atoms with Gasteiger partial charge in [-0.25, -0.2) is 14.6 Å². The second kappa shape index (κ2) is 8.42. The topological polar surface area (TPSA) is 115 Å². The number of H-pyrrole nitrogens is 1. The number of aryl methyl sites for hydroxylation is 2. The predicted octanol–water partition coefficient (Wildman–Crippen LogP) is 2.46. The zero-order valence-electron chi connectivity index (χ0n) is 20.7. The zero-order valence-corrected chi connectivity index (χ0v) is 20.7. The van der Waals surface area contributed by atoms with Crippen LogP contribution in [-0.2, 0) is 12.0 Å². The lowest BCUT2D eigenvalue weighted by molar-refractivity contribution is 0.0553. The summed E-state index contributed by atoms with van der Waals surface area (Å²) >= 11 is 0. The number of benzene rings is 1. The minimum Gasteiger partial charge on any atom is -0.384 e. The number of fused-ring (bicyclic) bond motifs is 2. The summed E-state index contributed by atoms with van der Waals surface area (Å²) in [4.78, 5) is 31.0. The van der Waals surface area contributed by atoms with Crippen LogP contribution in [0.2, 0.25) is 0 Å². The molecule has 0 radical (unpaired) electrons. The molecule has 3 N–H and O–H groups in total. The SMILES string of the molecule is Cc1cc(Nc2ncc3c(=O)[nH]n(-c4ccc5c(n4)C(C)(O)CC5)c3n2)ccc1N1CCN(C)CC1. The maximum atomic E-state index is 12.6. The van der Waals surface area contributed by atoms with Crippen LogP contribution in [0.3, 0.4) is 0 Å². The Kier molecular flexibility index (Phi) is 5.31. The van der Waals surface area contributed by atoms with Crippen LogP contribution in [0.25, 0.3) is 16.9 Å². The van der Waals surface area contributed by atoms with Gasteiger partial charge in [-0.15, -0.1) is 0 Å². The smallest absolute Gasteiger partial charge is 0.275 e. The fourth-order valence-electron chi connectivity index (χ4n) is 5.18. The standard InChI is InChI=1S/C26H30N8O2/c1-16-14-18(5-6-20(16)33-12-10-32(3)11-13-33)28-25-27-15-19-23(30-25)34(31-24(19)35)21-7-4-17-8-9-26(2,36)22(17)29-21/h4-7,14-15,36H,8-13H2,1-3H3,(H,31,35)(H,27,28,30). The van der Waals surface area contributed by atoms with E-state index in [1.54, 1.807) is 11.6 Å². The molecule has 0 bridgehead atoms. The lowest BCUT2D eigenvalue weighted by Gasteiger charge is -2.35. The zero-order chi connectivity index (χ0) is 25.0. The molecule has 0 spiro atoms. The molecular weight excluding hydrogens is 456 g/mol. The molecule has 1 fully saturated rings. The number of pyridine rings is 1. The molecule has 1 aliphatic carbocycles. The van der Waals surface area contributed by atoms with Gasteiger partial charge in [0.05, 0.1) is 5.69 Å². The van der Waals surface area contributed by atoms with Gasteiger partial charge >= 0.3 is 0 Å². The van der Waals surface area contributed by atoms with Gasteiger partial charge in [0, 0.05) is 43.8 Å². The molecule has 1 aliphatic heterocycles. The summed E-state index contributed by atoms with van der Waals surface area (Å²) in [6.45, 7) is 8.03. The fourth-order valence-corrected chi connectivity index (χ4v) is 5.18. The number of nitrogens with one attached hydrogen (secondary N) is 2. The molecule has 0 amide bonds. The Bertz CT molecular complexity index is 1510.